The zero-order valence-electron chi connectivity index (χ0n) is 13.8. The Morgan fingerprint density at radius 1 is 1.12 bits per heavy atom. The number of rotatable bonds is 4. The molecule has 3 heterocycles. The van der Waals surface area contributed by atoms with E-state index in [1.165, 1.54) is 4.52 Å². The average molecular weight is 385 g/mol. The van der Waals surface area contributed by atoms with E-state index in [0.717, 1.165) is 22.5 Å². The second-order valence-electron chi connectivity index (χ2n) is 5.83. The predicted molar refractivity (Wildman–Crippen MR) is 102 cm³/mol. The summed E-state index contributed by atoms with van der Waals surface area (Å²) in [6.07, 6.45) is 4.30. The van der Waals surface area contributed by atoms with E-state index in [2.05, 4.69) is 25.4 Å². The number of halogens is 2. The van der Waals surface area contributed by atoms with Crippen LogP contribution in [0.25, 0.3) is 5.78 Å². The monoisotopic (exact) mass is 384 g/mol. The maximum Gasteiger partial charge on any atom is 0.255 e. The second-order valence-corrected chi connectivity index (χ2v) is 6.66. The molecule has 6 nitrogen and oxygen atoms in total. The highest BCUT2D eigenvalue weighted by Crippen LogP contribution is 2.26. The number of nitrogens with zero attached hydrogens (tertiary/aromatic N) is 5. The molecule has 0 saturated heterocycles. The average Bonchev–Trinajstić information content (AvgIpc) is 3.01. The first-order chi connectivity index (χ1) is 12.6. The fourth-order valence-electron chi connectivity index (χ4n) is 2.66. The van der Waals surface area contributed by atoms with Gasteiger partial charge in [0.1, 0.15) is 5.15 Å². The molecule has 1 aromatic carbocycles. The molecule has 26 heavy (non-hydrogen) atoms. The van der Waals surface area contributed by atoms with Crippen LogP contribution < -0.4 is 5.32 Å². The van der Waals surface area contributed by atoms with E-state index in [1.54, 1.807) is 12.3 Å². The molecule has 130 valence electrons. The van der Waals surface area contributed by atoms with Gasteiger partial charge in [-0.3, -0.25) is 4.98 Å². The summed E-state index contributed by atoms with van der Waals surface area (Å²) in [6.45, 7) is 1.86. The van der Waals surface area contributed by atoms with Crippen molar-refractivity contribution >= 4 is 40.6 Å². The van der Waals surface area contributed by atoms with Gasteiger partial charge in [0.25, 0.3) is 5.78 Å². The molecule has 1 N–H and O–H groups in total. The van der Waals surface area contributed by atoms with Gasteiger partial charge in [-0.05, 0) is 42.3 Å². The van der Waals surface area contributed by atoms with Crippen LogP contribution >= 0.6 is 23.2 Å². The zero-order valence-corrected chi connectivity index (χ0v) is 15.3. The van der Waals surface area contributed by atoms with Crippen LogP contribution in [-0.2, 0) is 6.42 Å². The number of nitrogens with one attached hydrogen (secondary N) is 1. The van der Waals surface area contributed by atoms with Crippen molar-refractivity contribution < 1.29 is 0 Å². The van der Waals surface area contributed by atoms with E-state index in [0.29, 0.717) is 28.3 Å². The first-order valence-corrected chi connectivity index (χ1v) is 8.68. The third-order valence-corrected chi connectivity index (χ3v) is 4.34. The summed E-state index contributed by atoms with van der Waals surface area (Å²) in [6, 6.07) is 11.4. The Kier molecular flexibility index (Phi) is 4.44. The fourth-order valence-corrected chi connectivity index (χ4v) is 3.10. The lowest BCUT2D eigenvalue weighted by molar-refractivity contribution is 0.932. The Labute approximate surface area is 159 Å². The minimum absolute atomic E-state index is 0.403. The van der Waals surface area contributed by atoms with Crippen molar-refractivity contribution in [3.63, 3.8) is 0 Å². The molecule has 0 atom stereocenters. The smallest absolute Gasteiger partial charge is 0.255 e. The van der Waals surface area contributed by atoms with Crippen molar-refractivity contribution in [2.75, 3.05) is 5.32 Å². The maximum absolute atomic E-state index is 6.21. The number of hydrogen-bond acceptors (Lipinski definition) is 5. The van der Waals surface area contributed by atoms with E-state index >= 15 is 0 Å². The van der Waals surface area contributed by atoms with E-state index < -0.39 is 0 Å². The van der Waals surface area contributed by atoms with Gasteiger partial charge in [0.15, 0.2) is 0 Å². The highest BCUT2D eigenvalue weighted by atomic mass is 35.5. The molecule has 0 saturated carbocycles. The van der Waals surface area contributed by atoms with Crippen LogP contribution in [0, 0.1) is 6.92 Å². The first-order valence-electron chi connectivity index (χ1n) is 7.93. The van der Waals surface area contributed by atoms with Crippen LogP contribution in [0.5, 0.6) is 0 Å². The van der Waals surface area contributed by atoms with Crippen LogP contribution in [-0.4, -0.2) is 24.6 Å². The lowest BCUT2D eigenvalue weighted by Gasteiger charge is -2.10. The van der Waals surface area contributed by atoms with Gasteiger partial charge in [0, 0.05) is 35.2 Å². The number of benzene rings is 1. The molecule has 0 aliphatic rings. The molecule has 0 aliphatic heterocycles. The molecular formula is C18H14Cl2N6. The van der Waals surface area contributed by atoms with Crippen LogP contribution in [0.4, 0.5) is 11.6 Å². The maximum atomic E-state index is 6.21. The molecule has 4 rings (SSSR count). The van der Waals surface area contributed by atoms with Crippen LogP contribution in [0.15, 0.2) is 48.8 Å². The molecule has 0 aliphatic carbocycles. The summed E-state index contributed by atoms with van der Waals surface area (Å²) < 4.78 is 1.49. The zero-order chi connectivity index (χ0) is 18.1. The van der Waals surface area contributed by atoms with Crippen LogP contribution in [0.2, 0.25) is 10.2 Å². The summed E-state index contributed by atoms with van der Waals surface area (Å²) in [7, 11) is 0. The van der Waals surface area contributed by atoms with E-state index in [1.807, 2.05) is 43.5 Å². The molecule has 0 spiro atoms. The number of hydrogen-bond donors (Lipinski definition) is 1. The quantitative estimate of drug-likeness (QED) is 0.525. The van der Waals surface area contributed by atoms with E-state index in [9.17, 15) is 0 Å². The highest BCUT2D eigenvalue weighted by molar-refractivity contribution is 6.31. The second kappa shape index (κ2) is 6.90. The molecule has 0 amide bonds. The van der Waals surface area contributed by atoms with Gasteiger partial charge in [0.2, 0.25) is 5.95 Å². The Bertz CT molecular complexity index is 1080. The Hall–Kier alpha value is -2.70. The number of aryl methyl sites for hydroxylation is 1. The summed E-state index contributed by atoms with van der Waals surface area (Å²) in [5.41, 5.74) is 3.75. The van der Waals surface area contributed by atoms with Crippen molar-refractivity contribution in [3.8, 4) is 0 Å². The fraction of sp³-hybridized carbons (Fsp3) is 0.111. The molecule has 0 fully saturated rings. The minimum Gasteiger partial charge on any atom is -0.323 e. The summed E-state index contributed by atoms with van der Waals surface area (Å²) in [5.74, 6) is 0.841. The molecular weight excluding hydrogens is 371 g/mol. The molecule has 4 aromatic rings. The number of anilines is 2. The highest BCUT2D eigenvalue weighted by Gasteiger charge is 2.11. The van der Waals surface area contributed by atoms with E-state index in [4.69, 9.17) is 23.2 Å². The topological polar surface area (TPSA) is 68.0 Å². The van der Waals surface area contributed by atoms with Crippen molar-refractivity contribution in [1.29, 1.82) is 0 Å². The van der Waals surface area contributed by atoms with Gasteiger partial charge in [-0.15, -0.1) is 5.10 Å². The SMILES string of the molecule is Cc1cc(Cl)n2nc(Nc3cc(Cl)ccc3Cc3cccnc3)nc2n1. The van der Waals surface area contributed by atoms with Crippen molar-refractivity contribution in [3.05, 3.63) is 75.8 Å². The summed E-state index contributed by atoms with van der Waals surface area (Å²) in [4.78, 5) is 12.9. The van der Waals surface area contributed by atoms with Crippen molar-refractivity contribution in [1.82, 2.24) is 24.6 Å². The van der Waals surface area contributed by atoms with Crippen LogP contribution in [0.1, 0.15) is 16.8 Å². The number of pyridine rings is 1. The van der Waals surface area contributed by atoms with Gasteiger partial charge in [0.05, 0.1) is 0 Å². The van der Waals surface area contributed by atoms with Crippen molar-refractivity contribution in [2.24, 2.45) is 0 Å². The van der Waals surface area contributed by atoms with E-state index in [-0.39, 0.29) is 0 Å². The Morgan fingerprint density at radius 2 is 2.00 bits per heavy atom. The molecule has 8 heteroatoms. The van der Waals surface area contributed by atoms with Crippen LogP contribution in [0.3, 0.4) is 0 Å². The Balaban J connectivity index is 1.69. The first kappa shape index (κ1) is 16.8. The molecule has 0 unspecified atom stereocenters. The normalized spacial score (nSPS) is 11.0. The standard InChI is InChI=1S/C18H14Cl2N6/c1-11-7-16(20)26-18(22-11)24-17(25-26)23-15-9-14(19)5-4-13(15)8-12-3-2-6-21-10-12/h2-7,9-10H,8H2,1H3,(H,23,25). The van der Waals surface area contributed by atoms with Gasteiger partial charge >= 0.3 is 0 Å². The van der Waals surface area contributed by atoms with Gasteiger partial charge in [-0.25, -0.2) is 4.98 Å². The molecule has 3 aromatic heterocycles. The lowest BCUT2D eigenvalue weighted by Crippen LogP contribution is -1.99. The Morgan fingerprint density at radius 3 is 2.81 bits per heavy atom. The largest absolute Gasteiger partial charge is 0.323 e. The third kappa shape index (κ3) is 3.47. The molecule has 0 bridgehead atoms. The van der Waals surface area contributed by atoms with Gasteiger partial charge in [-0.2, -0.15) is 9.50 Å². The summed E-state index contributed by atoms with van der Waals surface area (Å²) >= 11 is 12.4. The lowest BCUT2D eigenvalue weighted by atomic mass is 10.0. The van der Waals surface area contributed by atoms with Crippen molar-refractivity contribution in [2.45, 2.75) is 13.3 Å². The number of aromatic nitrogens is 5. The minimum atomic E-state index is 0.403. The number of fused-ring (bicyclic) bond motifs is 1. The van der Waals surface area contributed by atoms with Gasteiger partial charge in [-0.1, -0.05) is 35.3 Å². The predicted octanol–water partition coefficient (Wildman–Crippen LogP) is 4.47. The van der Waals surface area contributed by atoms with Gasteiger partial charge < -0.3 is 5.32 Å². The third-order valence-electron chi connectivity index (χ3n) is 3.83. The summed E-state index contributed by atoms with van der Waals surface area (Å²) in [5, 5.41) is 8.67. The molecule has 0 radical (unpaired) electrons.